The minimum absolute atomic E-state index is 0.101. The van der Waals surface area contributed by atoms with Gasteiger partial charge in [0.25, 0.3) is 0 Å². The lowest BCUT2D eigenvalue weighted by molar-refractivity contribution is -0.161. The summed E-state index contributed by atoms with van der Waals surface area (Å²) >= 11 is 0. The van der Waals surface area contributed by atoms with Gasteiger partial charge in [-0.1, -0.05) is 280 Å². The lowest BCUT2D eigenvalue weighted by Crippen LogP contribution is -2.30. The molecule has 87 heavy (non-hydrogen) atoms. The third-order valence-electron chi connectivity index (χ3n) is 15.9. The number of carbonyl (C=O) groups is 4. The second kappa shape index (κ2) is 57.9. The topological polar surface area (TPSA) is 237 Å². The van der Waals surface area contributed by atoms with Gasteiger partial charge in [-0.2, -0.15) is 0 Å². The number of hydrogen-bond donors (Lipinski definition) is 3. The van der Waals surface area contributed by atoms with Crippen molar-refractivity contribution in [3.63, 3.8) is 0 Å². The molecule has 0 aliphatic heterocycles. The Bertz CT molecular complexity index is 1730. The summed E-state index contributed by atoms with van der Waals surface area (Å²) in [6, 6.07) is 0. The highest BCUT2D eigenvalue weighted by Crippen LogP contribution is 2.45. The van der Waals surface area contributed by atoms with Crippen LogP contribution in [0, 0.1) is 23.7 Å². The van der Waals surface area contributed by atoms with Crippen molar-refractivity contribution in [3.8, 4) is 0 Å². The van der Waals surface area contributed by atoms with Crippen molar-refractivity contribution in [2.24, 2.45) is 23.7 Å². The molecular formula is C68H132O17P2. The van der Waals surface area contributed by atoms with E-state index in [9.17, 15) is 43.2 Å². The summed E-state index contributed by atoms with van der Waals surface area (Å²) < 4.78 is 68.1. The van der Waals surface area contributed by atoms with E-state index in [2.05, 4.69) is 55.4 Å². The number of unbranched alkanes of at least 4 members (excludes halogenated alkanes) is 30. The molecule has 0 rings (SSSR count). The van der Waals surface area contributed by atoms with Gasteiger partial charge in [-0.05, 0) is 49.4 Å². The van der Waals surface area contributed by atoms with Crippen molar-refractivity contribution < 1.29 is 80.2 Å². The molecule has 0 bridgehead atoms. The van der Waals surface area contributed by atoms with Crippen LogP contribution in [0.2, 0.25) is 0 Å². The van der Waals surface area contributed by atoms with Crippen LogP contribution in [-0.2, 0) is 65.4 Å². The zero-order chi connectivity index (χ0) is 64.7. The first kappa shape index (κ1) is 85.1. The van der Waals surface area contributed by atoms with Crippen molar-refractivity contribution in [2.75, 3.05) is 39.6 Å². The number of ether oxygens (including phenoxy) is 4. The molecule has 0 spiro atoms. The van der Waals surface area contributed by atoms with Crippen LogP contribution in [0.1, 0.15) is 331 Å². The van der Waals surface area contributed by atoms with Crippen LogP contribution >= 0.6 is 15.6 Å². The normalized spacial score (nSPS) is 14.6. The molecule has 19 heteroatoms. The van der Waals surface area contributed by atoms with Crippen LogP contribution in [0.3, 0.4) is 0 Å². The SMILES string of the molecule is CCC(C)CCCCCCCCC(=O)OC[C@H](COP(=O)(O)OC[C@H](O)COP(=O)(O)OC[C@@H](COC(=O)CCCCCCCCCCCCCCCC(C)C)OC(=O)CCCCCCCCCCCC(C)C)OC(=O)CCCCCCCCC(C)C. The molecular weight excluding hydrogens is 1150 g/mol. The lowest BCUT2D eigenvalue weighted by atomic mass is 10.00. The van der Waals surface area contributed by atoms with E-state index in [0.717, 1.165) is 114 Å². The summed E-state index contributed by atoms with van der Waals surface area (Å²) in [5, 5.41) is 10.6. The molecule has 0 radical (unpaired) electrons. The van der Waals surface area contributed by atoms with Crippen LogP contribution in [0.5, 0.6) is 0 Å². The van der Waals surface area contributed by atoms with Gasteiger partial charge in [-0.25, -0.2) is 9.13 Å². The molecule has 0 aromatic rings. The second-order valence-corrected chi connectivity index (χ2v) is 29.1. The Labute approximate surface area is 530 Å². The predicted octanol–water partition coefficient (Wildman–Crippen LogP) is 18.9. The van der Waals surface area contributed by atoms with Crippen LogP contribution in [-0.4, -0.2) is 96.7 Å². The zero-order valence-electron chi connectivity index (χ0n) is 56.6. The Morgan fingerprint density at radius 3 is 0.816 bits per heavy atom. The van der Waals surface area contributed by atoms with Gasteiger partial charge in [0.05, 0.1) is 26.4 Å². The Kier molecular flexibility index (Phi) is 56.6. The average molecular weight is 1280 g/mol. The second-order valence-electron chi connectivity index (χ2n) is 26.2. The van der Waals surface area contributed by atoms with Gasteiger partial charge in [-0.3, -0.25) is 37.3 Å². The van der Waals surface area contributed by atoms with E-state index in [4.69, 9.17) is 37.0 Å². The average Bonchev–Trinajstić information content (AvgIpc) is 3.68. The van der Waals surface area contributed by atoms with E-state index < -0.39 is 97.5 Å². The Hall–Kier alpha value is -1.94. The molecule has 0 aliphatic rings. The fourth-order valence-corrected chi connectivity index (χ4v) is 11.7. The van der Waals surface area contributed by atoms with Gasteiger partial charge in [0, 0.05) is 25.7 Å². The van der Waals surface area contributed by atoms with Gasteiger partial charge in [0.15, 0.2) is 12.2 Å². The minimum Gasteiger partial charge on any atom is -0.462 e. The molecule has 516 valence electrons. The van der Waals surface area contributed by atoms with Crippen molar-refractivity contribution in [1.82, 2.24) is 0 Å². The van der Waals surface area contributed by atoms with Crippen LogP contribution < -0.4 is 0 Å². The molecule has 0 aromatic heterocycles. The number of phosphoric acid groups is 2. The molecule has 3 N–H and O–H groups in total. The van der Waals surface area contributed by atoms with E-state index in [1.54, 1.807) is 0 Å². The maximum absolute atomic E-state index is 13.0. The highest BCUT2D eigenvalue weighted by molar-refractivity contribution is 7.47. The van der Waals surface area contributed by atoms with Gasteiger partial charge in [-0.15, -0.1) is 0 Å². The number of aliphatic hydroxyl groups is 1. The largest absolute Gasteiger partial charge is 0.472 e. The standard InChI is InChI=1S/C68H132O17P2/c1-9-61(8)47-39-31-25-27-33-41-49-66(71)79-55-64(85-68(73)51-43-35-26-24-30-38-46-60(6)7)57-83-87(76,77)81-53-62(69)52-80-86(74,75)82-56-63(84-67(72)50-42-34-23-19-15-17-21-29-37-45-59(4)5)54-78-65(70)48-40-32-22-18-14-12-10-11-13-16-20-28-36-44-58(2)3/h58-64,69H,9-57H2,1-8H3,(H,74,75)(H,76,77)/t61?,62-,63-,64-/m1/s1. The third kappa shape index (κ3) is 61.3. The van der Waals surface area contributed by atoms with Crippen LogP contribution in [0.15, 0.2) is 0 Å². The molecule has 0 saturated heterocycles. The first-order valence-electron chi connectivity index (χ1n) is 35.2. The summed E-state index contributed by atoms with van der Waals surface area (Å²) in [6.07, 6.45) is 39.2. The van der Waals surface area contributed by atoms with Gasteiger partial charge >= 0.3 is 39.5 Å². The smallest absolute Gasteiger partial charge is 0.462 e. The molecule has 17 nitrogen and oxygen atoms in total. The van der Waals surface area contributed by atoms with E-state index >= 15 is 0 Å². The summed E-state index contributed by atoms with van der Waals surface area (Å²) in [4.78, 5) is 72.4. The van der Waals surface area contributed by atoms with Crippen molar-refractivity contribution in [3.05, 3.63) is 0 Å². The summed E-state index contributed by atoms with van der Waals surface area (Å²) in [6.45, 7) is 14.0. The Balaban J connectivity index is 5.22. The molecule has 0 amide bonds. The fourth-order valence-electron chi connectivity index (χ4n) is 10.1. The van der Waals surface area contributed by atoms with Gasteiger partial charge in [0.2, 0.25) is 0 Å². The molecule has 3 unspecified atom stereocenters. The molecule has 0 fully saturated rings. The first-order valence-corrected chi connectivity index (χ1v) is 38.2. The van der Waals surface area contributed by atoms with Crippen molar-refractivity contribution in [1.29, 1.82) is 0 Å². The van der Waals surface area contributed by atoms with Crippen LogP contribution in [0.4, 0.5) is 0 Å². The predicted molar refractivity (Wildman–Crippen MR) is 349 cm³/mol. The summed E-state index contributed by atoms with van der Waals surface area (Å²) in [5.41, 5.74) is 0. The van der Waals surface area contributed by atoms with E-state index in [-0.39, 0.29) is 25.7 Å². The number of phosphoric ester groups is 2. The molecule has 6 atom stereocenters. The summed E-state index contributed by atoms with van der Waals surface area (Å²) in [5.74, 6) is 0.790. The zero-order valence-corrected chi connectivity index (χ0v) is 58.4. The molecule has 0 aromatic carbocycles. The number of esters is 4. The highest BCUT2D eigenvalue weighted by atomic mass is 31.2. The fraction of sp³-hybridized carbons (Fsp3) is 0.941. The Morgan fingerprint density at radius 1 is 0.322 bits per heavy atom. The maximum atomic E-state index is 13.0. The van der Waals surface area contributed by atoms with Gasteiger partial charge < -0.3 is 33.8 Å². The maximum Gasteiger partial charge on any atom is 0.472 e. The molecule has 0 saturated carbocycles. The quantitative estimate of drug-likeness (QED) is 0.0222. The van der Waals surface area contributed by atoms with Crippen molar-refractivity contribution in [2.45, 2.75) is 350 Å². The van der Waals surface area contributed by atoms with Gasteiger partial charge in [0.1, 0.15) is 19.3 Å². The lowest BCUT2D eigenvalue weighted by Gasteiger charge is -2.21. The third-order valence-corrected chi connectivity index (χ3v) is 17.8. The molecule has 0 heterocycles. The number of hydrogen-bond acceptors (Lipinski definition) is 15. The minimum atomic E-state index is -4.95. The van der Waals surface area contributed by atoms with E-state index in [0.29, 0.717) is 31.6 Å². The van der Waals surface area contributed by atoms with E-state index in [1.165, 1.54) is 128 Å². The number of aliphatic hydroxyl groups excluding tert-OH is 1. The monoisotopic (exact) mass is 1280 g/mol. The number of rotatable bonds is 65. The van der Waals surface area contributed by atoms with E-state index in [1.807, 2.05) is 0 Å². The highest BCUT2D eigenvalue weighted by Gasteiger charge is 2.30. The number of carbonyl (C=O) groups excluding carboxylic acids is 4. The van der Waals surface area contributed by atoms with Crippen molar-refractivity contribution >= 4 is 39.5 Å². The molecule has 0 aliphatic carbocycles. The van der Waals surface area contributed by atoms with Crippen LogP contribution in [0.25, 0.3) is 0 Å². The summed E-state index contributed by atoms with van der Waals surface area (Å²) in [7, 11) is -9.90. The Morgan fingerprint density at radius 2 is 0.552 bits per heavy atom. The first-order chi connectivity index (χ1) is 41.6.